The number of thiophene rings is 1. The van der Waals surface area contributed by atoms with Crippen molar-refractivity contribution in [2.45, 2.75) is 18.8 Å². The predicted octanol–water partition coefficient (Wildman–Crippen LogP) is 3.79. The molecule has 1 aliphatic rings. The molecule has 0 saturated carbocycles. The number of nitrogens with one attached hydrogen (secondary N) is 1. The fraction of sp³-hybridized carbons (Fsp3) is 0.294. The minimum absolute atomic E-state index is 0.0378. The van der Waals surface area contributed by atoms with E-state index in [1.54, 1.807) is 0 Å². The number of amides is 2. The van der Waals surface area contributed by atoms with Crippen molar-refractivity contribution < 1.29 is 27.5 Å². The highest BCUT2D eigenvalue weighted by Crippen LogP contribution is 2.34. The lowest BCUT2D eigenvalue weighted by Gasteiger charge is -2.34. The average Bonchev–Trinajstić information content (AvgIpc) is 3.10. The molecule has 0 aliphatic carbocycles. The molecule has 1 N–H and O–H groups in total. The number of benzene rings is 1. The molecule has 3 rings (SSSR count). The van der Waals surface area contributed by atoms with Gasteiger partial charge in [-0.3, -0.25) is 9.59 Å². The number of morpholine rings is 1. The summed E-state index contributed by atoms with van der Waals surface area (Å²) in [4.78, 5) is 27.1. The number of anilines is 1. The van der Waals surface area contributed by atoms with Crippen LogP contribution in [0, 0.1) is 0 Å². The number of carbonyl (C=O) groups excluding carboxylic acids is 2. The first-order valence-corrected chi connectivity index (χ1v) is 9.08. The van der Waals surface area contributed by atoms with Gasteiger partial charge < -0.3 is 15.0 Å². The standard InChI is InChI=1S/C17H14ClF3N2O3S/c18-12-4-3-10(17(19,20)21)6-13(12)22-16(25)14-8-26-9-15(24)23(14)7-11-2-1-5-27-11/h1-6,14H,7-9H2,(H,22,25)/t14-/m0/s1. The lowest BCUT2D eigenvalue weighted by molar-refractivity contribution is -0.153. The third kappa shape index (κ3) is 4.60. The van der Waals surface area contributed by atoms with Crippen LogP contribution in [0.3, 0.4) is 0 Å². The van der Waals surface area contributed by atoms with Crippen LogP contribution in [0.4, 0.5) is 18.9 Å². The molecule has 1 aromatic carbocycles. The van der Waals surface area contributed by atoms with E-state index in [2.05, 4.69) is 5.32 Å². The summed E-state index contributed by atoms with van der Waals surface area (Å²) in [7, 11) is 0. The maximum Gasteiger partial charge on any atom is 0.416 e. The van der Waals surface area contributed by atoms with E-state index in [-0.39, 0.29) is 36.4 Å². The van der Waals surface area contributed by atoms with Crippen molar-refractivity contribution in [2.75, 3.05) is 18.5 Å². The summed E-state index contributed by atoms with van der Waals surface area (Å²) >= 11 is 7.35. The molecule has 1 saturated heterocycles. The summed E-state index contributed by atoms with van der Waals surface area (Å²) in [6, 6.07) is 5.32. The van der Waals surface area contributed by atoms with Gasteiger partial charge in [-0.2, -0.15) is 13.2 Å². The summed E-state index contributed by atoms with van der Waals surface area (Å²) in [5, 5.41) is 4.19. The molecule has 0 unspecified atom stereocenters. The number of halogens is 4. The molecule has 2 aromatic rings. The maximum absolute atomic E-state index is 12.9. The van der Waals surface area contributed by atoms with Crippen molar-refractivity contribution in [1.29, 1.82) is 0 Å². The molecule has 144 valence electrons. The monoisotopic (exact) mass is 418 g/mol. The Balaban J connectivity index is 1.80. The number of ether oxygens (including phenoxy) is 1. The average molecular weight is 419 g/mol. The van der Waals surface area contributed by atoms with Gasteiger partial charge in [-0.15, -0.1) is 11.3 Å². The highest BCUT2D eigenvalue weighted by Gasteiger charge is 2.35. The number of alkyl halides is 3. The Morgan fingerprint density at radius 1 is 1.37 bits per heavy atom. The first kappa shape index (κ1) is 19.7. The molecule has 2 amide bonds. The minimum Gasteiger partial charge on any atom is -0.369 e. The number of rotatable bonds is 4. The Kier molecular flexibility index (Phi) is 5.73. The van der Waals surface area contributed by atoms with Crippen LogP contribution in [-0.2, 0) is 27.0 Å². The van der Waals surface area contributed by atoms with E-state index >= 15 is 0 Å². The van der Waals surface area contributed by atoms with E-state index < -0.39 is 23.7 Å². The van der Waals surface area contributed by atoms with Gasteiger partial charge in [-0.25, -0.2) is 0 Å². The van der Waals surface area contributed by atoms with Gasteiger partial charge in [0, 0.05) is 4.88 Å². The van der Waals surface area contributed by atoms with Gasteiger partial charge in [0.05, 0.1) is 29.4 Å². The van der Waals surface area contributed by atoms with Gasteiger partial charge in [0.2, 0.25) is 11.8 Å². The Morgan fingerprint density at radius 2 is 2.15 bits per heavy atom. The third-order valence-electron chi connectivity index (χ3n) is 3.96. The zero-order chi connectivity index (χ0) is 19.6. The smallest absolute Gasteiger partial charge is 0.369 e. The van der Waals surface area contributed by atoms with Gasteiger partial charge in [0.25, 0.3) is 0 Å². The minimum atomic E-state index is -4.57. The molecule has 2 heterocycles. The van der Waals surface area contributed by atoms with E-state index in [9.17, 15) is 22.8 Å². The van der Waals surface area contributed by atoms with Crippen LogP contribution >= 0.6 is 22.9 Å². The molecule has 0 bridgehead atoms. The van der Waals surface area contributed by atoms with E-state index in [0.29, 0.717) is 0 Å². The molecule has 27 heavy (non-hydrogen) atoms. The summed E-state index contributed by atoms with van der Waals surface area (Å²) in [5.41, 5.74) is -1.11. The van der Waals surface area contributed by atoms with E-state index in [4.69, 9.17) is 16.3 Å². The Bertz CT molecular complexity index is 842. The van der Waals surface area contributed by atoms with Crippen molar-refractivity contribution in [3.05, 3.63) is 51.2 Å². The number of nitrogens with zero attached hydrogens (tertiary/aromatic N) is 1. The fourth-order valence-electron chi connectivity index (χ4n) is 2.60. The zero-order valence-corrected chi connectivity index (χ0v) is 15.3. The van der Waals surface area contributed by atoms with Crippen molar-refractivity contribution >= 4 is 40.4 Å². The van der Waals surface area contributed by atoms with Gasteiger partial charge in [-0.1, -0.05) is 17.7 Å². The van der Waals surface area contributed by atoms with Crippen molar-refractivity contribution in [3.63, 3.8) is 0 Å². The zero-order valence-electron chi connectivity index (χ0n) is 13.8. The second kappa shape index (κ2) is 7.87. The number of carbonyl (C=O) groups is 2. The van der Waals surface area contributed by atoms with Gasteiger partial charge >= 0.3 is 6.18 Å². The number of hydrogen-bond donors (Lipinski definition) is 1. The van der Waals surface area contributed by atoms with Gasteiger partial charge in [0.15, 0.2) is 0 Å². The normalized spacial score (nSPS) is 17.9. The van der Waals surface area contributed by atoms with Crippen LogP contribution < -0.4 is 5.32 Å². The molecular formula is C17H14ClF3N2O3S. The highest BCUT2D eigenvalue weighted by molar-refractivity contribution is 7.09. The Hall–Kier alpha value is -2.10. The van der Waals surface area contributed by atoms with Crippen LogP contribution in [0.1, 0.15) is 10.4 Å². The molecular weight excluding hydrogens is 405 g/mol. The molecule has 1 aliphatic heterocycles. The highest BCUT2D eigenvalue weighted by atomic mass is 35.5. The second-order valence-corrected chi connectivity index (χ2v) is 7.25. The van der Waals surface area contributed by atoms with Crippen molar-refractivity contribution in [3.8, 4) is 0 Å². The van der Waals surface area contributed by atoms with Crippen molar-refractivity contribution in [1.82, 2.24) is 4.90 Å². The fourth-order valence-corrected chi connectivity index (χ4v) is 3.47. The molecule has 5 nitrogen and oxygen atoms in total. The summed E-state index contributed by atoms with van der Waals surface area (Å²) < 4.78 is 43.8. The SMILES string of the molecule is O=C(Nc1cc(C(F)(F)F)ccc1Cl)[C@@H]1COCC(=O)N1Cc1cccs1. The quantitative estimate of drug-likeness (QED) is 0.822. The Morgan fingerprint density at radius 3 is 2.81 bits per heavy atom. The molecule has 1 fully saturated rings. The van der Waals surface area contributed by atoms with Crippen LogP contribution in [0.5, 0.6) is 0 Å². The Labute approximate surface area is 161 Å². The maximum atomic E-state index is 12.9. The van der Waals surface area contributed by atoms with Crippen LogP contribution in [0.15, 0.2) is 35.7 Å². The lowest BCUT2D eigenvalue weighted by atomic mass is 10.1. The summed E-state index contributed by atoms with van der Waals surface area (Å²) in [5.74, 6) is -1.04. The number of hydrogen-bond acceptors (Lipinski definition) is 4. The largest absolute Gasteiger partial charge is 0.416 e. The van der Waals surface area contributed by atoms with E-state index in [0.717, 1.165) is 23.1 Å². The van der Waals surface area contributed by atoms with Crippen LogP contribution in [-0.4, -0.2) is 36.0 Å². The van der Waals surface area contributed by atoms with Crippen LogP contribution in [0.2, 0.25) is 5.02 Å². The molecule has 1 aromatic heterocycles. The lowest BCUT2D eigenvalue weighted by Crippen LogP contribution is -2.54. The molecule has 0 spiro atoms. The summed E-state index contributed by atoms with van der Waals surface area (Å²) in [6.45, 7) is 0.00721. The molecule has 1 atom stereocenters. The predicted molar refractivity (Wildman–Crippen MR) is 94.6 cm³/mol. The van der Waals surface area contributed by atoms with Gasteiger partial charge in [0.1, 0.15) is 12.6 Å². The van der Waals surface area contributed by atoms with Crippen molar-refractivity contribution in [2.24, 2.45) is 0 Å². The van der Waals surface area contributed by atoms with E-state index in [1.165, 1.54) is 16.2 Å². The third-order valence-corrected chi connectivity index (χ3v) is 5.15. The second-order valence-electron chi connectivity index (χ2n) is 5.81. The topological polar surface area (TPSA) is 58.6 Å². The first-order chi connectivity index (χ1) is 12.8. The molecule has 10 heteroatoms. The summed E-state index contributed by atoms with van der Waals surface area (Å²) in [6.07, 6.45) is -4.57. The van der Waals surface area contributed by atoms with Gasteiger partial charge in [-0.05, 0) is 29.6 Å². The first-order valence-electron chi connectivity index (χ1n) is 7.83. The van der Waals surface area contributed by atoms with Crippen LogP contribution in [0.25, 0.3) is 0 Å². The van der Waals surface area contributed by atoms with E-state index in [1.807, 2.05) is 17.5 Å². The molecule has 0 radical (unpaired) electrons.